The van der Waals surface area contributed by atoms with Crippen LogP contribution in [0.5, 0.6) is 5.75 Å². The van der Waals surface area contributed by atoms with Gasteiger partial charge in [0.1, 0.15) is 5.75 Å². The Morgan fingerprint density at radius 2 is 2.11 bits per heavy atom. The minimum absolute atomic E-state index is 0.114. The van der Waals surface area contributed by atoms with E-state index in [9.17, 15) is 4.79 Å². The Hall–Kier alpha value is -1.03. The topological polar surface area (TPSA) is 29.5 Å². The van der Waals surface area contributed by atoms with Crippen LogP contribution in [0.1, 0.15) is 31.4 Å². The Morgan fingerprint density at radius 1 is 1.44 bits per heavy atom. The molecular weight excluding hydrogens is 294 g/mol. The molecule has 4 heteroatoms. The Balaban J connectivity index is 2.17. The maximum atomic E-state index is 12.1. The number of ether oxygens (including phenoxy) is 1. The van der Waals surface area contributed by atoms with Crippen molar-refractivity contribution < 1.29 is 9.53 Å². The molecule has 0 saturated carbocycles. The molecule has 0 aliphatic carbocycles. The number of hydrogen-bond acceptors (Lipinski definition) is 2. The number of methoxy groups -OCH3 is 1. The van der Waals surface area contributed by atoms with E-state index in [0.717, 1.165) is 25.1 Å². The maximum Gasteiger partial charge on any atom is 0.236 e. The number of benzene rings is 1. The lowest BCUT2D eigenvalue weighted by Crippen LogP contribution is -2.34. The molecule has 1 fully saturated rings. The van der Waals surface area contributed by atoms with E-state index in [1.165, 1.54) is 5.56 Å². The molecule has 1 aromatic rings. The highest BCUT2D eigenvalue weighted by molar-refractivity contribution is 9.10. The summed E-state index contributed by atoms with van der Waals surface area (Å²) in [6.45, 7) is 2.73. The molecule has 2 unspecified atom stereocenters. The van der Waals surface area contributed by atoms with E-state index < -0.39 is 0 Å². The van der Waals surface area contributed by atoms with E-state index in [0.29, 0.717) is 0 Å². The Morgan fingerprint density at radius 3 is 2.67 bits per heavy atom. The minimum Gasteiger partial charge on any atom is -0.497 e. The van der Waals surface area contributed by atoms with Crippen molar-refractivity contribution in [2.45, 2.75) is 30.6 Å². The minimum atomic E-state index is -0.114. The summed E-state index contributed by atoms with van der Waals surface area (Å²) >= 11 is 3.36. The van der Waals surface area contributed by atoms with Crippen LogP contribution in [-0.2, 0) is 4.79 Å². The lowest BCUT2D eigenvalue weighted by Gasteiger charge is -2.26. The summed E-state index contributed by atoms with van der Waals surface area (Å²) in [5.41, 5.74) is 1.19. The highest BCUT2D eigenvalue weighted by Gasteiger charge is 2.31. The van der Waals surface area contributed by atoms with Crippen molar-refractivity contribution in [2.24, 2.45) is 0 Å². The van der Waals surface area contributed by atoms with Gasteiger partial charge in [-0.05, 0) is 37.5 Å². The molecule has 1 saturated heterocycles. The molecular formula is C14H18BrNO2. The first-order valence-corrected chi connectivity index (χ1v) is 7.13. The summed E-state index contributed by atoms with van der Waals surface area (Å²) in [4.78, 5) is 14.0. The number of halogens is 1. The van der Waals surface area contributed by atoms with Gasteiger partial charge in [-0.25, -0.2) is 0 Å². The van der Waals surface area contributed by atoms with E-state index in [4.69, 9.17) is 4.74 Å². The number of carbonyl (C=O) groups excluding carboxylic acids is 1. The summed E-state index contributed by atoms with van der Waals surface area (Å²) in [5.74, 6) is 1.02. The van der Waals surface area contributed by atoms with Crippen molar-refractivity contribution in [2.75, 3.05) is 13.7 Å². The Bertz CT molecular complexity index is 416. The van der Waals surface area contributed by atoms with E-state index in [-0.39, 0.29) is 16.8 Å². The van der Waals surface area contributed by atoms with Gasteiger partial charge in [0.15, 0.2) is 0 Å². The largest absolute Gasteiger partial charge is 0.497 e. The van der Waals surface area contributed by atoms with Gasteiger partial charge in [-0.2, -0.15) is 0 Å². The summed E-state index contributed by atoms with van der Waals surface area (Å²) in [5, 5.41) is 0. The molecule has 0 N–H and O–H groups in total. The first kappa shape index (κ1) is 13.4. The zero-order chi connectivity index (χ0) is 13.1. The van der Waals surface area contributed by atoms with E-state index in [1.54, 1.807) is 7.11 Å². The van der Waals surface area contributed by atoms with Crippen molar-refractivity contribution in [1.82, 2.24) is 4.90 Å². The number of amides is 1. The van der Waals surface area contributed by atoms with Crippen molar-refractivity contribution in [3.8, 4) is 5.75 Å². The molecule has 2 atom stereocenters. The molecule has 1 aromatic carbocycles. The van der Waals surface area contributed by atoms with Gasteiger partial charge in [-0.1, -0.05) is 28.1 Å². The molecule has 98 valence electrons. The lowest BCUT2D eigenvalue weighted by atomic mass is 10.0. The monoisotopic (exact) mass is 311 g/mol. The van der Waals surface area contributed by atoms with Gasteiger partial charge in [0.2, 0.25) is 5.91 Å². The summed E-state index contributed by atoms with van der Waals surface area (Å²) in [6, 6.07) is 8.22. The number of rotatable bonds is 3. The van der Waals surface area contributed by atoms with Crippen LogP contribution in [0.2, 0.25) is 0 Å². The predicted octanol–water partition coefficient (Wildman–Crippen LogP) is 3.14. The van der Waals surface area contributed by atoms with E-state index in [1.807, 2.05) is 36.1 Å². The van der Waals surface area contributed by atoms with Gasteiger partial charge in [0.05, 0.1) is 18.0 Å². The zero-order valence-electron chi connectivity index (χ0n) is 10.7. The van der Waals surface area contributed by atoms with Gasteiger partial charge in [-0.3, -0.25) is 4.79 Å². The van der Waals surface area contributed by atoms with Crippen LogP contribution < -0.4 is 4.74 Å². The van der Waals surface area contributed by atoms with Gasteiger partial charge >= 0.3 is 0 Å². The van der Waals surface area contributed by atoms with Crippen LogP contribution in [0.4, 0.5) is 0 Å². The predicted molar refractivity (Wildman–Crippen MR) is 75.1 cm³/mol. The second kappa shape index (κ2) is 5.74. The molecule has 1 aliphatic rings. The van der Waals surface area contributed by atoms with Gasteiger partial charge in [-0.15, -0.1) is 0 Å². The summed E-state index contributed by atoms with van der Waals surface area (Å²) in [7, 11) is 1.66. The number of nitrogens with zero attached hydrogens (tertiary/aromatic N) is 1. The first-order chi connectivity index (χ1) is 8.63. The van der Waals surface area contributed by atoms with Crippen LogP contribution in [0.15, 0.2) is 24.3 Å². The molecule has 0 bridgehead atoms. The zero-order valence-corrected chi connectivity index (χ0v) is 12.3. The standard InChI is InChI=1S/C14H18BrNO2/c1-10(15)14(17)16-9-3-4-13(16)11-5-7-12(18-2)8-6-11/h5-8,10,13H,3-4,9H2,1-2H3. The van der Waals surface area contributed by atoms with Crippen molar-refractivity contribution in [1.29, 1.82) is 0 Å². The highest BCUT2D eigenvalue weighted by atomic mass is 79.9. The third kappa shape index (κ3) is 2.69. The summed E-state index contributed by atoms with van der Waals surface area (Å²) < 4.78 is 5.16. The van der Waals surface area contributed by atoms with Gasteiger partial charge < -0.3 is 9.64 Å². The normalized spacial score (nSPS) is 20.8. The molecule has 0 spiro atoms. The fourth-order valence-electron chi connectivity index (χ4n) is 2.43. The van der Waals surface area contributed by atoms with Crippen molar-refractivity contribution in [3.63, 3.8) is 0 Å². The number of carbonyl (C=O) groups is 1. The van der Waals surface area contributed by atoms with E-state index >= 15 is 0 Å². The third-order valence-electron chi connectivity index (χ3n) is 3.38. The first-order valence-electron chi connectivity index (χ1n) is 6.22. The van der Waals surface area contributed by atoms with Crippen LogP contribution in [0.25, 0.3) is 0 Å². The molecule has 18 heavy (non-hydrogen) atoms. The number of likely N-dealkylation sites (tertiary alicyclic amines) is 1. The van der Waals surface area contributed by atoms with E-state index in [2.05, 4.69) is 15.9 Å². The number of alkyl halides is 1. The molecule has 0 radical (unpaired) electrons. The smallest absolute Gasteiger partial charge is 0.236 e. The van der Waals surface area contributed by atoms with Crippen LogP contribution in [0, 0.1) is 0 Å². The SMILES string of the molecule is COc1ccc(C2CCCN2C(=O)C(C)Br)cc1. The average Bonchev–Trinajstić information content (AvgIpc) is 2.87. The van der Waals surface area contributed by atoms with Gasteiger partial charge in [0, 0.05) is 6.54 Å². The van der Waals surface area contributed by atoms with Crippen LogP contribution >= 0.6 is 15.9 Å². The molecule has 0 aromatic heterocycles. The Kier molecular flexibility index (Phi) is 4.27. The molecule has 1 heterocycles. The average molecular weight is 312 g/mol. The van der Waals surface area contributed by atoms with Crippen LogP contribution in [0.3, 0.4) is 0 Å². The number of hydrogen-bond donors (Lipinski definition) is 0. The summed E-state index contributed by atoms with van der Waals surface area (Å²) in [6.07, 6.45) is 2.11. The van der Waals surface area contributed by atoms with Crippen LogP contribution in [-0.4, -0.2) is 29.3 Å². The molecule has 3 nitrogen and oxygen atoms in total. The molecule has 2 rings (SSSR count). The van der Waals surface area contributed by atoms with Gasteiger partial charge in [0.25, 0.3) is 0 Å². The quantitative estimate of drug-likeness (QED) is 0.803. The second-order valence-electron chi connectivity index (χ2n) is 4.58. The highest BCUT2D eigenvalue weighted by Crippen LogP contribution is 2.33. The molecule has 1 amide bonds. The fourth-order valence-corrected chi connectivity index (χ4v) is 2.69. The fraction of sp³-hybridized carbons (Fsp3) is 0.500. The maximum absolute atomic E-state index is 12.1. The lowest BCUT2D eigenvalue weighted by molar-refractivity contribution is -0.131. The third-order valence-corrected chi connectivity index (χ3v) is 3.77. The van der Waals surface area contributed by atoms with Crippen molar-refractivity contribution >= 4 is 21.8 Å². The second-order valence-corrected chi connectivity index (χ2v) is 5.95. The van der Waals surface area contributed by atoms with Crippen molar-refractivity contribution in [3.05, 3.63) is 29.8 Å². The Labute approximate surface area is 116 Å². The molecule has 1 aliphatic heterocycles.